The van der Waals surface area contributed by atoms with Crippen LogP contribution in [0.3, 0.4) is 0 Å². The van der Waals surface area contributed by atoms with E-state index in [1.54, 1.807) is 11.3 Å². The molecule has 114 valence electrons. The Kier molecular flexibility index (Phi) is 4.79. The molecule has 0 fully saturated rings. The molecule has 0 aliphatic heterocycles. The summed E-state index contributed by atoms with van der Waals surface area (Å²) in [7, 11) is 0. The number of hydrogen-bond donors (Lipinski definition) is 1. The van der Waals surface area contributed by atoms with E-state index in [4.69, 9.17) is 4.98 Å². The monoisotopic (exact) mass is 303 g/mol. The third-order valence-electron chi connectivity index (χ3n) is 3.35. The molecule has 1 N–H and O–H groups in total. The van der Waals surface area contributed by atoms with E-state index < -0.39 is 0 Å². The van der Waals surface area contributed by atoms with Crippen molar-refractivity contribution >= 4 is 11.3 Å². The van der Waals surface area contributed by atoms with Crippen molar-refractivity contribution in [3.05, 3.63) is 34.6 Å². The zero-order chi connectivity index (χ0) is 15.6. The third kappa shape index (κ3) is 3.89. The summed E-state index contributed by atoms with van der Waals surface area (Å²) in [5, 5.41) is 4.58. The van der Waals surface area contributed by atoms with Crippen LogP contribution in [-0.2, 0) is 12.0 Å². The van der Waals surface area contributed by atoms with Crippen molar-refractivity contribution in [1.29, 1.82) is 0 Å². The molecule has 0 radical (unpaired) electrons. The van der Waals surface area contributed by atoms with E-state index in [0.29, 0.717) is 6.04 Å². The minimum Gasteiger partial charge on any atom is -0.310 e. The first-order valence-corrected chi connectivity index (χ1v) is 8.25. The molecule has 0 bridgehead atoms. The fourth-order valence-electron chi connectivity index (χ4n) is 2.16. The molecule has 0 aromatic carbocycles. The van der Waals surface area contributed by atoms with Gasteiger partial charge < -0.3 is 5.32 Å². The fourth-order valence-corrected chi connectivity index (χ4v) is 3.46. The summed E-state index contributed by atoms with van der Waals surface area (Å²) >= 11 is 1.78. The minimum atomic E-state index is 0.0544. The number of aryl methyl sites for hydroxylation is 1. The maximum atomic E-state index is 4.93. The Morgan fingerprint density at radius 1 is 1.29 bits per heavy atom. The lowest BCUT2D eigenvalue weighted by atomic mass is 9.91. The van der Waals surface area contributed by atoms with Gasteiger partial charge in [-0.2, -0.15) is 0 Å². The van der Waals surface area contributed by atoms with Crippen molar-refractivity contribution < 1.29 is 0 Å². The highest BCUT2D eigenvalue weighted by Crippen LogP contribution is 2.35. The second-order valence-electron chi connectivity index (χ2n) is 6.77. The molecule has 2 aromatic rings. The summed E-state index contributed by atoms with van der Waals surface area (Å²) in [5.41, 5.74) is 3.61. The van der Waals surface area contributed by atoms with Gasteiger partial charge in [-0.05, 0) is 18.6 Å². The third-order valence-corrected chi connectivity index (χ3v) is 4.44. The predicted molar refractivity (Wildman–Crippen MR) is 90.8 cm³/mol. The summed E-state index contributed by atoms with van der Waals surface area (Å²) in [4.78, 5) is 10.5. The molecule has 3 nitrogen and oxygen atoms in total. The largest absolute Gasteiger partial charge is 0.310 e. The van der Waals surface area contributed by atoms with Crippen LogP contribution in [0.2, 0.25) is 0 Å². The van der Waals surface area contributed by atoms with Crippen molar-refractivity contribution in [2.24, 2.45) is 0 Å². The molecule has 0 saturated carbocycles. The van der Waals surface area contributed by atoms with Gasteiger partial charge in [-0.15, -0.1) is 11.3 Å². The highest BCUT2D eigenvalue weighted by molar-refractivity contribution is 7.15. The van der Waals surface area contributed by atoms with Gasteiger partial charge in [0.25, 0.3) is 0 Å². The standard InChI is InChI=1S/C17H25N3S/c1-11(2)19-10-14-15(17(4,5)6)20-16(21-14)13-9-18-8-7-12(13)3/h7-9,11,19H,10H2,1-6H3. The summed E-state index contributed by atoms with van der Waals surface area (Å²) in [5.74, 6) is 0. The quantitative estimate of drug-likeness (QED) is 0.914. The van der Waals surface area contributed by atoms with Crippen LogP contribution in [0.25, 0.3) is 10.6 Å². The number of thiazole rings is 1. The number of aromatic nitrogens is 2. The first-order chi connectivity index (χ1) is 9.79. The van der Waals surface area contributed by atoms with Crippen molar-refractivity contribution in [3.8, 4) is 10.6 Å². The second-order valence-corrected chi connectivity index (χ2v) is 7.85. The maximum Gasteiger partial charge on any atom is 0.125 e. The molecule has 0 spiro atoms. The molecule has 21 heavy (non-hydrogen) atoms. The smallest absolute Gasteiger partial charge is 0.125 e. The van der Waals surface area contributed by atoms with E-state index in [2.05, 4.69) is 51.8 Å². The van der Waals surface area contributed by atoms with E-state index in [-0.39, 0.29) is 5.41 Å². The van der Waals surface area contributed by atoms with Gasteiger partial charge in [-0.3, -0.25) is 4.98 Å². The normalized spacial score (nSPS) is 12.1. The average molecular weight is 303 g/mol. The Morgan fingerprint density at radius 3 is 2.57 bits per heavy atom. The Hall–Kier alpha value is -1.26. The van der Waals surface area contributed by atoms with Gasteiger partial charge in [-0.1, -0.05) is 34.6 Å². The summed E-state index contributed by atoms with van der Waals surface area (Å²) < 4.78 is 0. The molecular weight excluding hydrogens is 278 g/mol. The van der Waals surface area contributed by atoms with Crippen molar-refractivity contribution in [2.75, 3.05) is 0 Å². The van der Waals surface area contributed by atoms with Crippen LogP contribution in [-0.4, -0.2) is 16.0 Å². The predicted octanol–water partition coefficient (Wildman–Crippen LogP) is 4.31. The van der Waals surface area contributed by atoms with Gasteiger partial charge in [0.1, 0.15) is 5.01 Å². The van der Waals surface area contributed by atoms with Crippen molar-refractivity contribution in [1.82, 2.24) is 15.3 Å². The molecule has 0 saturated heterocycles. The van der Waals surface area contributed by atoms with Gasteiger partial charge >= 0.3 is 0 Å². The van der Waals surface area contributed by atoms with E-state index in [1.807, 2.05) is 18.5 Å². The molecule has 2 aromatic heterocycles. The zero-order valence-electron chi connectivity index (χ0n) is 13.8. The van der Waals surface area contributed by atoms with Crippen molar-refractivity contribution in [3.63, 3.8) is 0 Å². The first kappa shape index (κ1) is 16.1. The molecular formula is C17H25N3S. The highest BCUT2D eigenvalue weighted by Gasteiger charge is 2.24. The SMILES string of the molecule is Cc1ccncc1-c1nc(C(C)(C)C)c(CNC(C)C)s1. The molecule has 2 rings (SSSR count). The van der Waals surface area contributed by atoms with Crippen LogP contribution in [0.15, 0.2) is 18.5 Å². The molecule has 0 atom stereocenters. The zero-order valence-corrected chi connectivity index (χ0v) is 14.6. The molecule has 4 heteroatoms. The molecule has 0 aliphatic carbocycles. The van der Waals surface area contributed by atoms with E-state index in [9.17, 15) is 0 Å². The summed E-state index contributed by atoms with van der Waals surface area (Å²) in [6.45, 7) is 14.0. The van der Waals surface area contributed by atoms with E-state index >= 15 is 0 Å². The minimum absolute atomic E-state index is 0.0544. The number of pyridine rings is 1. The van der Waals surface area contributed by atoms with Gasteiger partial charge in [0.2, 0.25) is 0 Å². The van der Waals surface area contributed by atoms with Gasteiger partial charge in [0.15, 0.2) is 0 Å². The summed E-state index contributed by atoms with van der Waals surface area (Å²) in [6.07, 6.45) is 3.75. The highest BCUT2D eigenvalue weighted by atomic mass is 32.1. The van der Waals surface area contributed by atoms with E-state index in [0.717, 1.165) is 17.1 Å². The number of nitrogens with zero attached hydrogens (tertiary/aromatic N) is 2. The van der Waals surface area contributed by atoms with Crippen molar-refractivity contribution in [2.45, 2.75) is 59.5 Å². The molecule has 0 amide bonds. The lowest BCUT2D eigenvalue weighted by Gasteiger charge is -2.18. The Bertz CT molecular complexity index is 609. The second kappa shape index (κ2) is 6.24. The Balaban J connectivity index is 2.43. The topological polar surface area (TPSA) is 37.8 Å². The molecule has 0 unspecified atom stereocenters. The van der Waals surface area contributed by atoms with Crippen LogP contribution >= 0.6 is 11.3 Å². The average Bonchev–Trinajstić information content (AvgIpc) is 2.81. The van der Waals surface area contributed by atoms with Crippen LogP contribution in [0.1, 0.15) is 50.8 Å². The van der Waals surface area contributed by atoms with Crippen LogP contribution in [0.5, 0.6) is 0 Å². The van der Waals surface area contributed by atoms with Crippen LogP contribution < -0.4 is 5.32 Å². The van der Waals surface area contributed by atoms with Gasteiger partial charge in [-0.25, -0.2) is 4.98 Å². The molecule has 0 aliphatic rings. The van der Waals surface area contributed by atoms with Crippen LogP contribution in [0, 0.1) is 6.92 Å². The van der Waals surface area contributed by atoms with Crippen LogP contribution in [0.4, 0.5) is 0 Å². The fraction of sp³-hybridized carbons (Fsp3) is 0.529. The summed E-state index contributed by atoms with van der Waals surface area (Å²) in [6, 6.07) is 2.52. The number of hydrogen-bond acceptors (Lipinski definition) is 4. The Labute approximate surface area is 131 Å². The molecule has 2 heterocycles. The van der Waals surface area contributed by atoms with Gasteiger partial charge in [0, 0.05) is 40.8 Å². The van der Waals surface area contributed by atoms with Gasteiger partial charge in [0.05, 0.1) is 5.69 Å². The Morgan fingerprint density at radius 2 is 2.00 bits per heavy atom. The number of nitrogens with one attached hydrogen (secondary N) is 1. The maximum absolute atomic E-state index is 4.93. The lowest BCUT2D eigenvalue weighted by molar-refractivity contribution is 0.546. The number of rotatable bonds is 4. The lowest BCUT2D eigenvalue weighted by Crippen LogP contribution is -2.23. The first-order valence-electron chi connectivity index (χ1n) is 7.43. The van der Waals surface area contributed by atoms with E-state index in [1.165, 1.54) is 16.1 Å².